The summed E-state index contributed by atoms with van der Waals surface area (Å²) in [5.74, 6) is -0.923. The van der Waals surface area contributed by atoms with Crippen LogP contribution in [-0.2, 0) is 23.2 Å². The Balaban J connectivity index is 1.65. The molecule has 0 radical (unpaired) electrons. The van der Waals surface area contributed by atoms with Crippen molar-refractivity contribution in [2.24, 2.45) is 7.05 Å². The van der Waals surface area contributed by atoms with Crippen LogP contribution in [0.4, 0.5) is 24.5 Å². The van der Waals surface area contributed by atoms with Gasteiger partial charge in [0.1, 0.15) is 5.69 Å². The molecule has 0 bridgehead atoms. The number of carbonyl (C=O) groups is 1. The molecule has 0 unspecified atom stereocenters. The van der Waals surface area contributed by atoms with Crippen LogP contribution in [0.1, 0.15) is 21.6 Å². The number of sulfonamides is 1. The van der Waals surface area contributed by atoms with Crippen molar-refractivity contribution >= 4 is 38.9 Å². The molecule has 0 aliphatic carbocycles. The first-order chi connectivity index (χ1) is 17.8. The van der Waals surface area contributed by atoms with E-state index in [1.807, 2.05) is 0 Å². The molecule has 0 saturated carbocycles. The van der Waals surface area contributed by atoms with E-state index in [-0.39, 0.29) is 26.9 Å². The Labute approximate surface area is 220 Å². The first-order valence-corrected chi connectivity index (χ1v) is 12.8. The molecule has 0 atom stereocenters. The highest BCUT2D eigenvalue weighted by atomic mass is 35.5. The quantitative estimate of drug-likeness (QED) is 0.336. The average molecular weight is 565 g/mol. The summed E-state index contributed by atoms with van der Waals surface area (Å²) in [5, 5.41) is 2.16. The molecule has 1 amide bonds. The number of aromatic nitrogens is 2. The molecule has 8 nitrogen and oxygen atoms in total. The Morgan fingerprint density at radius 2 is 1.66 bits per heavy atom. The number of para-hydroxylation sites is 1. The normalized spacial score (nSPS) is 11.8. The first-order valence-electron chi connectivity index (χ1n) is 10.9. The van der Waals surface area contributed by atoms with E-state index in [1.54, 1.807) is 44.3 Å². The van der Waals surface area contributed by atoms with Crippen molar-refractivity contribution in [2.45, 2.75) is 18.0 Å². The van der Waals surface area contributed by atoms with Gasteiger partial charge in [-0.3, -0.25) is 19.0 Å². The van der Waals surface area contributed by atoms with Crippen LogP contribution in [0.5, 0.6) is 0 Å². The van der Waals surface area contributed by atoms with Crippen molar-refractivity contribution < 1.29 is 26.4 Å². The van der Waals surface area contributed by atoms with Gasteiger partial charge in [-0.15, -0.1) is 0 Å². The van der Waals surface area contributed by atoms with Crippen LogP contribution in [0.15, 0.2) is 82.5 Å². The van der Waals surface area contributed by atoms with Gasteiger partial charge in [0.2, 0.25) is 0 Å². The molecule has 3 aromatic carbocycles. The predicted molar refractivity (Wildman–Crippen MR) is 137 cm³/mol. The maximum absolute atomic E-state index is 13.2. The second-order valence-electron chi connectivity index (χ2n) is 8.22. The fraction of sp³-hybridized carbons (Fsp3) is 0.120. The smallest absolute Gasteiger partial charge is 0.322 e. The van der Waals surface area contributed by atoms with Crippen LogP contribution in [0.2, 0.25) is 5.02 Å². The van der Waals surface area contributed by atoms with E-state index in [0.29, 0.717) is 11.4 Å². The van der Waals surface area contributed by atoms with Crippen molar-refractivity contribution in [1.29, 1.82) is 0 Å². The van der Waals surface area contributed by atoms with E-state index in [0.717, 1.165) is 36.4 Å². The number of anilines is 2. The zero-order valence-electron chi connectivity index (χ0n) is 19.9. The molecule has 4 aromatic rings. The van der Waals surface area contributed by atoms with E-state index in [1.165, 1.54) is 15.4 Å². The van der Waals surface area contributed by atoms with Crippen LogP contribution < -0.4 is 15.6 Å². The summed E-state index contributed by atoms with van der Waals surface area (Å²) >= 11 is 6.10. The van der Waals surface area contributed by atoms with Crippen molar-refractivity contribution in [3.05, 3.63) is 105 Å². The van der Waals surface area contributed by atoms with Gasteiger partial charge < -0.3 is 5.32 Å². The molecule has 4 rings (SSSR count). The average Bonchev–Trinajstić information content (AvgIpc) is 3.07. The molecule has 0 aliphatic rings. The number of hydrogen-bond donors (Lipinski definition) is 2. The third-order valence-electron chi connectivity index (χ3n) is 5.73. The van der Waals surface area contributed by atoms with Crippen LogP contribution in [0, 0.1) is 6.92 Å². The summed E-state index contributed by atoms with van der Waals surface area (Å²) in [5.41, 5.74) is -1.38. The molecule has 38 heavy (non-hydrogen) atoms. The predicted octanol–water partition coefficient (Wildman–Crippen LogP) is 5.21. The van der Waals surface area contributed by atoms with E-state index >= 15 is 0 Å². The largest absolute Gasteiger partial charge is 0.416 e. The van der Waals surface area contributed by atoms with E-state index in [9.17, 15) is 31.2 Å². The van der Waals surface area contributed by atoms with Gasteiger partial charge in [0.25, 0.3) is 21.5 Å². The molecular weight excluding hydrogens is 545 g/mol. The number of rotatable bonds is 6. The summed E-state index contributed by atoms with van der Waals surface area (Å²) in [7, 11) is -2.78. The molecule has 0 aliphatic heterocycles. The highest BCUT2D eigenvalue weighted by Crippen LogP contribution is 2.31. The maximum atomic E-state index is 13.2. The molecule has 2 N–H and O–H groups in total. The summed E-state index contributed by atoms with van der Waals surface area (Å²) in [6.07, 6.45) is -4.62. The van der Waals surface area contributed by atoms with Crippen LogP contribution in [0.25, 0.3) is 5.69 Å². The van der Waals surface area contributed by atoms with Crippen LogP contribution in [0.3, 0.4) is 0 Å². The third kappa shape index (κ3) is 5.31. The molecule has 0 saturated heterocycles. The monoisotopic (exact) mass is 564 g/mol. The topological polar surface area (TPSA) is 102 Å². The fourth-order valence-corrected chi connectivity index (χ4v) is 5.04. The lowest BCUT2D eigenvalue weighted by molar-refractivity contribution is -0.137. The Morgan fingerprint density at radius 3 is 2.32 bits per heavy atom. The second kappa shape index (κ2) is 10.0. The molecule has 1 aromatic heterocycles. The number of alkyl halides is 3. The lowest BCUT2D eigenvalue weighted by Gasteiger charge is -2.12. The lowest BCUT2D eigenvalue weighted by Crippen LogP contribution is -2.23. The maximum Gasteiger partial charge on any atom is 0.416 e. The van der Waals surface area contributed by atoms with E-state index in [4.69, 9.17) is 11.6 Å². The second-order valence-corrected chi connectivity index (χ2v) is 10.3. The molecule has 0 spiro atoms. The SMILES string of the molecule is Cc1c(NS(=O)(=O)c2ccc(Cl)c(C(=O)Nc3cccc(C(F)(F)F)c3)c2)c(=O)n(-c2ccccc2)n1C. The first kappa shape index (κ1) is 27.0. The molecule has 1 heterocycles. The van der Waals surface area contributed by atoms with Crippen LogP contribution >= 0.6 is 11.6 Å². The number of hydrogen-bond acceptors (Lipinski definition) is 4. The number of nitrogens with one attached hydrogen (secondary N) is 2. The van der Waals surface area contributed by atoms with Crippen molar-refractivity contribution in [3.63, 3.8) is 0 Å². The van der Waals surface area contributed by atoms with Gasteiger partial charge >= 0.3 is 6.18 Å². The van der Waals surface area contributed by atoms with Gasteiger partial charge in [-0.2, -0.15) is 13.2 Å². The Hall–Kier alpha value is -4.03. The van der Waals surface area contributed by atoms with Crippen molar-refractivity contribution in [1.82, 2.24) is 9.36 Å². The molecule has 198 valence electrons. The molecular formula is C25H20ClF3N4O4S. The number of nitrogens with zero attached hydrogens (tertiary/aromatic N) is 2. The van der Waals surface area contributed by atoms with Crippen molar-refractivity contribution in [3.8, 4) is 5.69 Å². The van der Waals surface area contributed by atoms with Gasteiger partial charge in [-0.1, -0.05) is 35.9 Å². The summed E-state index contributed by atoms with van der Waals surface area (Å²) in [6, 6.07) is 15.8. The Morgan fingerprint density at radius 1 is 0.974 bits per heavy atom. The molecule has 0 fully saturated rings. The minimum atomic E-state index is -4.62. The Kier molecular flexibility index (Phi) is 7.13. The number of amides is 1. The Bertz CT molecular complexity index is 1700. The van der Waals surface area contributed by atoms with Gasteiger partial charge in [0, 0.05) is 12.7 Å². The number of benzene rings is 3. The minimum absolute atomic E-state index is 0.129. The fourth-order valence-electron chi connectivity index (χ4n) is 3.70. The van der Waals surface area contributed by atoms with Gasteiger partial charge in [0.15, 0.2) is 0 Å². The van der Waals surface area contributed by atoms with E-state index in [2.05, 4.69) is 10.0 Å². The van der Waals surface area contributed by atoms with Gasteiger partial charge in [0.05, 0.1) is 32.4 Å². The third-order valence-corrected chi connectivity index (χ3v) is 7.41. The standard InChI is InChI=1S/C25H20ClF3N4O4S/c1-15-22(24(35)33(32(15)2)18-9-4-3-5-10-18)31-38(36,37)19-11-12-21(26)20(14-19)23(34)30-17-8-6-7-16(13-17)25(27,28)29/h3-14,31H,1-2H3,(H,30,34). The van der Waals surface area contributed by atoms with Gasteiger partial charge in [-0.05, 0) is 55.5 Å². The summed E-state index contributed by atoms with van der Waals surface area (Å²) in [4.78, 5) is 25.5. The van der Waals surface area contributed by atoms with E-state index < -0.39 is 33.2 Å². The lowest BCUT2D eigenvalue weighted by atomic mass is 10.1. The van der Waals surface area contributed by atoms with Crippen molar-refractivity contribution in [2.75, 3.05) is 10.0 Å². The van der Waals surface area contributed by atoms with Gasteiger partial charge in [-0.25, -0.2) is 13.1 Å². The minimum Gasteiger partial charge on any atom is -0.322 e. The highest BCUT2D eigenvalue weighted by Gasteiger charge is 2.30. The highest BCUT2D eigenvalue weighted by molar-refractivity contribution is 7.92. The summed E-state index contributed by atoms with van der Waals surface area (Å²) in [6.45, 7) is 1.56. The zero-order chi connectivity index (χ0) is 27.8. The molecule has 13 heteroatoms. The summed E-state index contributed by atoms with van der Waals surface area (Å²) < 4.78 is 70.5. The number of halogens is 4. The zero-order valence-corrected chi connectivity index (χ0v) is 21.4. The number of carbonyl (C=O) groups excluding carboxylic acids is 1. The van der Waals surface area contributed by atoms with Crippen LogP contribution in [-0.4, -0.2) is 23.7 Å².